The molecule has 1 atom stereocenters. The van der Waals surface area contributed by atoms with Crippen LogP contribution in [0, 0.1) is 5.82 Å². The molecule has 1 unspecified atom stereocenters. The van der Waals surface area contributed by atoms with E-state index < -0.39 is 23.5 Å². The number of primary amides is 1. The topological polar surface area (TPSA) is 114 Å². The van der Waals surface area contributed by atoms with Crippen molar-refractivity contribution in [1.82, 2.24) is 14.5 Å². The van der Waals surface area contributed by atoms with E-state index in [0.717, 1.165) is 11.1 Å². The predicted octanol–water partition coefficient (Wildman–Crippen LogP) is 3.56. The first kappa shape index (κ1) is 25.2. The maximum atomic E-state index is 15.5. The zero-order valence-corrected chi connectivity index (χ0v) is 20.7. The van der Waals surface area contributed by atoms with Gasteiger partial charge < -0.3 is 10.8 Å². The zero-order chi connectivity index (χ0) is 26.8. The van der Waals surface area contributed by atoms with E-state index in [2.05, 4.69) is 9.98 Å². The number of nitrogens with two attached hydrogens (primary N) is 1. The molecule has 0 spiro atoms. The van der Waals surface area contributed by atoms with Crippen LogP contribution in [-0.2, 0) is 6.54 Å². The quantitative estimate of drug-likeness (QED) is 0.376. The lowest BCUT2D eigenvalue weighted by Crippen LogP contribution is -2.22. The van der Waals surface area contributed by atoms with Crippen LogP contribution in [-0.4, -0.2) is 57.7 Å². The minimum absolute atomic E-state index is 0.0507. The van der Waals surface area contributed by atoms with Crippen LogP contribution in [0.25, 0.3) is 16.8 Å². The molecule has 192 valence electrons. The summed E-state index contributed by atoms with van der Waals surface area (Å²) in [5, 5.41) is 9.22. The Morgan fingerprint density at radius 2 is 1.95 bits per heavy atom. The van der Waals surface area contributed by atoms with Crippen LogP contribution >= 0.6 is 0 Å². The fourth-order valence-corrected chi connectivity index (χ4v) is 4.67. The molecule has 0 saturated heterocycles. The van der Waals surface area contributed by atoms with Crippen LogP contribution in [0.5, 0.6) is 0 Å². The summed E-state index contributed by atoms with van der Waals surface area (Å²) in [7, 11) is 1.91. The molecular weight excluding hydrogens is 485 g/mol. The molecule has 9 heteroatoms. The first-order valence-electron chi connectivity index (χ1n) is 12.1. The van der Waals surface area contributed by atoms with Gasteiger partial charge in [0.2, 0.25) is 11.7 Å². The lowest BCUT2D eigenvalue weighted by atomic mass is 9.93. The first-order chi connectivity index (χ1) is 18.4. The largest absolute Gasteiger partial charge is 0.395 e. The molecule has 3 N–H and O–H groups in total. The van der Waals surface area contributed by atoms with Gasteiger partial charge in [0.1, 0.15) is 29.6 Å². The van der Waals surface area contributed by atoms with Gasteiger partial charge >= 0.3 is 0 Å². The number of aliphatic imine (C=N–C) groups is 1. The smallest absolute Gasteiger partial charge is 0.248 e. The molecule has 3 aromatic carbocycles. The number of Topliss-reactive ketones (excluding diaryl/α,β-unsaturated/α-hetero) is 1. The fraction of sp³-hybridized carbons (Fsp3) is 0.172. The number of aromatic nitrogens is 2. The summed E-state index contributed by atoms with van der Waals surface area (Å²) in [6.45, 7) is 1.17. The van der Waals surface area contributed by atoms with Gasteiger partial charge in [-0.05, 0) is 48.0 Å². The number of halogens is 1. The van der Waals surface area contributed by atoms with Crippen LogP contribution in [0.15, 0.2) is 78.0 Å². The van der Waals surface area contributed by atoms with Gasteiger partial charge in [0.05, 0.1) is 12.8 Å². The minimum atomic E-state index is -1.07. The Kier molecular flexibility index (Phi) is 6.95. The number of aliphatic hydroxyl groups is 1. The summed E-state index contributed by atoms with van der Waals surface area (Å²) in [6, 6.07) is 18.0. The molecule has 0 fully saturated rings. The number of aliphatic hydroxyl groups excluding tert-OH is 1. The zero-order valence-electron chi connectivity index (χ0n) is 20.7. The first-order valence-corrected chi connectivity index (χ1v) is 12.1. The predicted molar refractivity (Wildman–Crippen MR) is 142 cm³/mol. The Labute approximate surface area is 218 Å². The second kappa shape index (κ2) is 10.5. The molecule has 0 saturated carbocycles. The van der Waals surface area contributed by atoms with Crippen LogP contribution in [0.4, 0.5) is 4.39 Å². The van der Waals surface area contributed by atoms with Crippen molar-refractivity contribution in [3.8, 4) is 16.8 Å². The molecule has 38 heavy (non-hydrogen) atoms. The van der Waals surface area contributed by atoms with E-state index in [1.807, 2.05) is 36.2 Å². The van der Waals surface area contributed by atoms with Gasteiger partial charge in [-0.15, -0.1) is 0 Å². The Hall–Kier alpha value is -4.47. The van der Waals surface area contributed by atoms with Crippen LogP contribution in [0.2, 0.25) is 0 Å². The Bertz CT molecular complexity index is 1560. The van der Waals surface area contributed by atoms with E-state index in [0.29, 0.717) is 35.6 Å². The van der Waals surface area contributed by atoms with Crippen molar-refractivity contribution in [2.45, 2.75) is 12.6 Å². The molecule has 4 aromatic rings. The molecule has 8 nitrogen and oxygen atoms in total. The summed E-state index contributed by atoms with van der Waals surface area (Å²) in [5.74, 6) is -1.53. The number of likely N-dealkylation sites (N-methyl/N-ethyl adjacent to an activating group) is 1. The van der Waals surface area contributed by atoms with E-state index in [4.69, 9.17) is 5.73 Å². The molecular formula is C29H26FN5O3. The van der Waals surface area contributed by atoms with Crippen molar-refractivity contribution in [3.63, 3.8) is 0 Å². The number of amides is 1. The monoisotopic (exact) mass is 511 g/mol. The number of ketones is 1. The number of carbonyl (C=O) groups excluding carboxylic acids is 2. The van der Waals surface area contributed by atoms with Crippen LogP contribution < -0.4 is 5.73 Å². The van der Waals surface area contributed by atoms with Crippen LogP contribution in [0.1, 0.15) is 43.7 Å². The number of benzene rings is 3. The van der Waals surface area contributed by atoms with Gasteiger partial charge in [-0.2, -0.15) is 0 Å². The average molecular weight is 512 g/mol. The van der Waals surface area contributed by atoms with Crippen molar-refractivity contribution >= 4 is 17.9 Å². The number of hydrogen-bond acceptors (Lipinski definition) is 6. The van der Waals surface area contributed by atoms with E-state index in [1.165, 1.54) is 18.6 Å². The van der Waals surface area contributed by atoms with Gasteiger partial charge in [0.15, 0.2) is 0 Å². The van der Waals surface area contributed by atoms with Gasteiger partial charge in [-0.1, -0.05) is 42.5 Å². The number of hydrogen-bond donors (Lipinski definition) is 2. The van der Waals surface area contributed by atoms with E-state index in [9.17, 15) is 14.7 Å². The van der Waals surface area contributed by atoms with E-state index in [-0.39, 0.29) is 17.9 Å². The van der Waals surface area contributed by atoms with Crippen molar-refractivity contribution in [2.75, 3.05) is 20.2 Å². The maximum Gasteiger partial charge on any atom is 0.248 e. The van der Waals surface area contributed by atoms with Crippen molar-refractivity contribution in [3.05, 3.63) is 107 Å². The highest BCUT2D eigenvalue weighted by atomic mass is 19.1. The van der Waals surface area contributed by atoms with Crippen LogP contribution in [0.3, 0.4) is 0 Å². The molecule has 1 aliphatic heterocycles. The molecule has 0 bridgehead atoms. The highest BCUT2D eigenvalue weighted by Crippen LogP contribution is 2.33. The molecule has 1 aromatic heterocycles. The minimum Gasteiger partial charge on any atom is -0.395 e. The highest BCUT2D eigenvalue weighted by Gasteiger charge is 2.32. The SMILES string of the molecule is CN(CCO)Cc1ccccc1-c1ccc(C2N=Cc3ncn(-c4cccc(C(N)=O)c4)c3C2=O)c(F)c1. The fourth-order valence-electron chi connectivity index (χ4n) is 4.67. The van der Waals surface area contributed by atoms with E-state index >= 15 is 4.39 Å². The number of imidazole rings is 1. The third kappa shape index (κ3) is 4.77. The Morgan fingerprint density at radius 3 is 2.71 bits per heavy atom. The maximum absolute atomic E-state index is 15.5. The summed E-state index contributed by atoms with van der Waals surface area (Å²) in [5.41, 5.74) is 9.58. The molecule has 1 amide bonds. The molecule has 1 aliphatic rings. The number of fused-ring (bicyclic) bond motifs is 1. The second-order valence-electron chi connectivity index (χ2n) is 9.16. The highest BCUT2D eigenvalue weighted by molar-refractivity contribution is 6.09. The van der Waals surface area contributed by atoms with Gasteiger partial charge in [-0.3, -0.25) is 24.0 Å². The third-order valence-electron chi connectivity index (χ3n) is 6.58. The summed E-state index contributed by atoms with van der Waals surface area (Å²) in [6.07, 6.45) is 2.94. The van der Waals surface area contributed by atoms with Crippen molar-refractivity contribution < 1.29 is 19.1 Å². The number of rotatable bonds is 8. The van der Waals surface area contributed by atoms with Gasteiger partial charge in [0, 0.05) is 29.9 Å². The lowest BCUT2D eigenvalue weighted by molar-refractivity contribution is 0.0951. The lowest BCUT2D eigenvalue weighted by Gasteiger charge is -2.20. The summed E-state index contributed by atoms with van der Waals surface area (Å²) < 4.78 is 17.1. The molecule has 2 heterocycles. The molecule has 5 rings (SSSR count). The second-order valence-corrected chi connectivity index (χ2v) is 9.16. The third-order valence-corrected chi connectivity index (χ3v) is 6.58. The van der Waals surface area contributed by atoms with Gasteiger partial charge in [-0.25, -0.2) is 9.37 Å². The van der Waals surface area contributed by atoms with Gasteiger partial charge in [0.25, 0.3) is 0 Å². The van der Waals surface area contributed by atoms with Crippen molar-refractivity contribution in [1.29, 1.82) is 0 Å². The molecule has 0 radical (unpaired) electrons. The van der Waals surface area contributed by atoms with E-state index in [1.54, 1.807) is 41.0 Å². The molecule has 0 aliphatic carbocycles. The number of carbonyl (C=O) groups is 2. The normalized spacial score (nSPS) is 14.6. The van der Waals surface area contributed by atoms with Crippen molar-refractivity contribution in [2.24, 2.45) is 10.7 Å². The summed E-state index contributed by atoms with van der Waals surface area (Å²) >= 11 is 0. The Balaban J connectivity index is 1.47. The summed E-state index contributed by atoms with van der Waals surface area (Å²) in [4.78, 5) is 35.8. The standard InChI is InChI=1S/C29H26FN5O3/c1-34(11-12-36)16-20-5-2-3-8-22(20)18-9-10-23(24(30)14-18)26-28(37)27-25(15-32-26)33-17-35(27)21-7-4-6-19(13-21)29(31)38/h2-10,13-15,17,26,36H,11-12,16H2,1H3,(H2,31,38). The average Bonchev–Trinajstić information content (AvgIpc) is 3.35. The Morgan fingerprint density at radius 1 is 1.13 bits per heavy atom. The number of nitrogens with zero attached hydrogens (tertiary/aromatic N) is 4.